The number of ether oxygens (including phenoxy) is 1. The van der Waals surface area contributed by atoms with E-state index in [1.807, 2.05) is 27.1 Å². The number of aromatic nitrogens is 2. The molecule has 0 saturated carbocycles. The lowest BCUT2D eigenvalue weighted by Crippen LogP contribution is -2.32. The number of carbonyl (C=O) groups excluding carboxylic acids is 1. The maximum Gasteiger partial charge on any atom is 0.319 e. The zero-order valence-corrected chi connectivity index (χ0v) is 14.2. The Bertz CT molecular complexity index is 672. The molecule has 1 atom stereocenters. The van der Waals surface area contributed by atoms with Crippen molar-refractivity contribution in [3.63, 3.8) is 0 Å². The maximum atomic E-state index is 12.2. The average Bonchev–Trinajstić information content (AvgIpc) is 2.94. The standard InChI is InChI=1S/C16H21ClN4O2/c1-4-14(11-9-18-21(3)10-11)20-16(22)19-12-6-7-15(23-5-2)13(17)8-12/h6-10,14H,4-5H2,1-3H3,(H2,19,20,22)/t14-/m1/s1. The van der Waals surface area contributed by atoms with Crippen LogP contribution in [0, 0.1) is 0 Å². The van der Waals surface area contributed by atoms with Gasteiger partial charge in [-0.05, 0) is 31.5 Å². The van der Waals surface area contributed by atoms with Gasteiger partial charge in [-0.15, -0.1) is 0 Å². The van der Waals surface area contributed by atoms with Gasteiger partial charge in [-0.3, -0.25) is 4.68 Å². The molecule has 0 saturated heterocycles. The highest BCUT2D eigenvalue weighted by Crippen LogP contribution is 2.27. The second-order valence-corrected chi connectivity index (χ2v) is 5.49. The van der Waals surface area contributed by atoms with Gasteiger partial charge in [-0.2, -0.15) is 5.10 Å². The van der Waals surface area contributed by atoms with E-state index in [2.05, 4.69) is 15.7 Å². The van der Waals surface area contributed by atoms with Gasteiger partial charge in [0.1, 0.15) is 5.75 Å². The number of urea groups is 1. The molecule has 7 heteroatoms. The predicted molar refractivity (Wildman–Crippen MR) is 91.0 cm³/mol. The fourth-order valence-corrected chi connectivity index (χ4v) is 2.45. The van der Waals surface area contributed by atoms with Crippen molar-refractivity contribution in [1.82, 2.24) is 15.1 Å². The van der Waals surface area contributed by atoms with Crippen LogP contribution in [-0.2, 0) is 7.05 Å². The summed E-state index contributed by atoms with van der Waals surface area (Å²) in [6.45, 7) is 4.43. The van der Waals surface area contributed by atoms with Crippen LogP contribution in [0.3, 0.4) is 0 Å². The second kappa shape index (κ2) is 7.87. The molecule has 6 nitrogen and oxygen atoms in total. The predicted octanol–water partition coefficient (Wildman–Crippen LogP) is 3.75. The lowest BCUT2D eigenvalue weighted by molar-refractivity contribution is 0.248. The first-order valence-electron chi connectivity index (χ1n) is 7.51. The van der Waals surface area contributed by atoms with Crippen LogP contribution in [0.15, 0.2) is 30.6 Å². The lowest BCUT2D eigenvalue weighted by Gasteiger charge is -2.16. The summed E-state index contributed by atoms with van der Waals surface area (Å²) in [7, 11) is 1.85. The Morgan fingerprint density at radius 3 is 2.78 bits per heavy atom. The minimum Gasteiger partial charge on any atom is -0.492 e. The molecule has 0 bridgehead atoms. The van der Waals surface area contributed by atoms with Gasteiger partial charge in [0.2, 0.25) is 0 Å². The summed E-state index contributed by atoms with van der Waals surface area (Å²) in [6.07, 6.45) is 4.41. The zero-order chi connectivity index (χ0) is 16.8. The number of carbonyl (C=O) groups is 1. The van der Waals surface area contributed by atoms with Crippen molar-refractivity contribution < 1.29 is 9.53 Å². The number of rotatable bonds is 6. The number of nitrogens with zero attached hydrogens (tertiary/aromatic N) is 2. The largest absolute Gasteiger partial charge is 0.492 e. The molecule has 0 fully saturated rings. The molecule has 0 aliphatic carbocycles. The van der Waals surface area contributed by atoms with E-state index in [0.717, 1.165) is 12.0 Å². The van der Waals surface area contributed by atoms with Crippen LogP contribution < -0.4 is 15.4 Å². The highest BCUT2D eigenvalue weighted by Gasteiger charge is 2.14. The molecular formula is C16H21ClN4O2. The van der Waals surface area contributed by atoms with Crippen molar-refractivity contribution in [3.8, 4) is 5.75 Å². The zero-order valence-electron chi connectivity index (χ0n) is 13.5. The van der Waals surface area contributed by atoms with Crippen LogP contribution in [0.4, 0.5) is 10.5 Å². The van der Waals surface area contributed by atoms with Crippen molar-refractivity contribution in [2.24, 2.45) is 7.05 Å². The summed E-state index contributed by atoms with van der Waals surface area (Å²) >= 11 is 6.12. The summed E-state index contributed by atoms with van der Waals surface area (Å²) in [5.74, 6) is 0.599. The number of aryl methyl sites for hydroxylation is 1. The number of hydrogen-bond donors (Lipinski definition) is 2. The topological polar surface area (TPSA) is 68.2 Å². The molecule has 2 amide bonds. The Morgan fingerprint density at radius 2 is 2.22 bits per heavy atom. The number of anilines is 1. The summed E-state index contributed by atoms with van der Waals surface area (Å²) < 4.78 is 7.08. The minimum atomic E-state index is -0.291. The maximum absolute atomic E-state index is 12.2. The van der Waals surface area contributed by atoms with Crippen molar-refractivity contribution in [2.75, 3.05) is 11.9 Å². The van der Waals surface area contributed by atoms with Gasteiger partial charge in [0.15, 0.2) is 0 Å². The molecule has 2 N–H and O–H groups in total. The first-order chi connectivity index (χ1) is 11.0. The SMILES string of the molecule is CCOc1ccc(NC(=O)N[C@H](CC)c2cnn(C)c2)cc1Cl. The number of hydrogen-bond acceptors (Lipinski definition) is 3. The average molecular weight is 337 g/mol. The van der Waals surface area contributed by atoms with Crippen molar-refractivity contribution in [2.45, 2.75) is 26.3 Å². The number of benzene rings is 1. The second-order valence-electron chi connectivity index (χ2n) is 5.08. The van der Waals surface area contributed by atoms with Crippen LogP contribution in [-0.4, -0.2) is 22.4 Å². The third-order valence-corrected chi connectivity index (χ3v) is 3.63. The molecule has 0 spiro atoms. The van der Waals surface area contributed by atoms with Crippen LogP contribution in [0.2, 0.25) is 5.02 Å². The summed E-state index contributed by atoms with van der Waals surface area (Å²) in [4.78, 5) is 12.2. The quantitative estimate of drug-likeness (QED) is 0.844. The van der Waals surface area contributed by atoms with E-state index in [4.69, 9.17) is 16.3 Å². The Kier molecular flexibility index (Phi) is 5.87. The summed E-state index contributed by atoms with van der Waals surface area (Å²) in [6, 6.07) is 4.76. The third kappa shape index (κ3) is 4.63. The molecule has 23 heavy (non-hydrogen) atoms. The fraction of sp³-hybridized carbons (Fsp3) is 0.375. The van der Waals surface area contributed by atoms with Crippen LogP contribution >= 0.6 is 11.6 Å². The van der Waals surface area contributed by atoms with Crippen LogP contribution in [0.1, 0.15) is 31.9 Å². The van der Waals surface area contributed by atoms with E-state index in [1.54, 1.807) is 29.1 Å². The molecule has 2 aromatic rings. The molecule has 124 valence electrons. The van der Waals surface area contributed by atoms with Gasteiger partial charge in [0.25, 0.3) is 0 Å². The Hall–Kier alpha value is -2.21. The minimum absolute atomic E-state index is 0.0955. The molecule has 2 rings (SSSR count). The smallest absolute Gasteiger partial charge is 0.319 e. The normalized spacial score (nSPS) is 11.8. The molecule has 0 aliphatic heterocycles. The molecule has 1 aromatic carbocycles. The molecule has 0 radical (unpaired) electrons. The molecule has 1 heterocycles. The fourth-order valence-electron chi connectivity index (χ4n) is 2.22. The number of amides is 2. The summed E-state index contributed by atoms with van der Waals surface area (Å²) in [5, 5.41) is 10.3. The Labute approximate surface area is 140 Å². The van der Waals surface area contributed by atoms with Gasteiger partial charge in [-0.1, -0.05) is 18.5 Å². The molecule has 1 aromatic heterocycles. The van der Waals surface area contributed by atoms with Crippen molar-refractivity contribution in [1.29, 1.82) is 0 Å². The highest BCUT2D eigenvalue weighted by molar-refractivity contribution is 6.32. The Balaban J connectivity index is 1.99. The molecule has 0 aliphatic rings. The molecular weight excluding hydrogens is 316 g/mol. The first kappa shape index (κ1) is 17.1. The number of nitrogens with one attached hydrogen (secondary N) is 2. The van der Waals surface area contributed by atoms with E-state index in [9.17, 15) is 4.79 Å². The van der Waals surface area contributed by atoms with E-state index in [0.29, 0.717) is 23.1 Å². The number of halogens is 1. The monoisotopic (exact) mass is 336 g/mol. The van der Waals surface area contributed by atoms with E-state index in [1.165, 1.54) is 0 Å². The third-order valence-electron chi connectivity index (χ3n) is 3.33. The Morgan fingerprint density at radius 1 is 1.43 bits per heavy atom. The van der Waals surface area contributed by atoms with Crippen LogP contribution in [0.5, 0.6) is 5.75 Å². The van der Waals surface area contributed by atoms with Gasteiger partial charge in [0, 0.05) is 24.5 Å². The van der Waals surface area contributed by atoms with Gasteiger partial charge < -0.3 is 15.4 Å². The van der Waals surface area contributed by atoms with Crippen molar-refractivity contribution in [3.05, 3.63) is 41.2 Å². The van der Waals surface area contributed by atoms with Gasteiger partial charge >= 0.3 is 6.03 Å². The van der Waals surface area contributed by atoms with Crippen LogP contribution in [0.25, 0.3) is 0 Å². The lowest BCUT2D eigenvalue weighted by atomic mass is 10.1. The van der Waals surface area contributed by atoms with Gasteiger partial charge in [0.05, 0.1) is 23.9 Å². The highest BCUT2D eigenvalue weighted by atomic mass is 35.5. The van der Waals surface area contributed by atoms with E-state index < -0.39 is 0 Å². The van der Waals surface area contributed by atoms with E-state index >= 15 is 0 Å². The summed E-state index contributed by atoms with van der Waals surface area (Å²) in [5.41, 5.74) is 1.58. The van der Waals surface area contributed by atoms with Gasteiger partial charge in [-0.25, -0.2) is 4.79 Å². The van der Waals surface area contributed by atoms with Crippen molar-refractivity contribution >= 4 is 23.3 Å². The first-order valence-corrected chi connectivity index (χ1v) is 7.89. The van der Waals surface area contributed by atoms with E-state index in [-0.39, 0.29) is 12.1 Å². The molecule has 0 unspecified atom stereocenters.